The molecule has 0 amide bonds. The minimum Gasteiger partial charge on any atom is -0.478 e. The van der Waals surface area contributed by atoms with Crippen molar-refractivity contribution in [2.75, 3.05) is 0 Å². The zero-order valence-corrected chi connectivity index (χ0v) is 14.7. The van der Waals surface area contributed by atoms with Crippen molar-refractivity contribution in [3.05, 3.63) is 59.4 Å². The normalized spacial score (nSPS) is 20.4. The van der Waals surface area contributed by atoms with Crippen LogP contribution in [0.5, 0.6) is 0 Å². The molecular weight excluding hydrogens is 315 g/mol. The summed E-state index contributed by atoms with van der Waals surface area (Å²) in [5.74, 6) is 0.112. The van der Waals surface area contributed by atoms with Gasteiger partial charge in [0.25, 0.3) is 0 Å². The molecule has 2 aromatic carbocycles. The van der Waals surface area contributed by atoms with Gasteiger partial charge in [-0.2, -0.15) is 0 Å². The van der Waals surface area contributed by atoms with Gasteiger partial charge in [-0.3, -0.25) is 0 Å². The Morgan fingerprint density at radius 2 is 1.76 bits per heavy atom. The van der Waals surface area contributed by atoms with Crippen LogP contribution < -0.4 is 0 Å². The number of carbonyl (C=O) groups is 1. The van der Waals surface area contributed by atoms with E-state index in [2.05, 4.69) is 6.92 Å². The summed E-state index contributed by atoms with van der Waals surface area (Å²) < 4.78 is 14.6. The van der Waals surface area contributed by atoms with E-state index in [0.717, 1.165) is 24.3 Å². The van der Waals surface area contributed by atoms with Crippen LogP contribution in [0.2, 0.25) is 0 Å². The molecule has 0 radical (unpaired) electrons. The number of hydrogen-bond acceptors (Lipinski definition) is 1. The highest BCUT2D eigenvalue weighted by molar-refractivity contribution is 5.88. The van der Waals surface area contributed by atoms with Crippen molar-refractivity contribution < 1.29 is 14.3 Å². The second-order valence-corrected chi connectivity index (χ2v) is 7.13. The van der Waals surface area contributed by atoms with Gasteiger partial charge in [0.05, 0.1) is 5.56 Å². The lowest BCUT2D eigenvalue weighted by Gasteiger charge is -2.28. The summed E-state index contributed by atoms with van der Waals surface area (Å²) in [5, 5.41) is 8.96. The largest absolute Gasteiger partial charge is 0.478 e. The summed E-state index contributed by atoms with van der Waals surface area (Å²) in [6.07, 6.45) is 7.36. The Labute approximate surface area is 148 Å². The number of aromatic carboxylic acids is 1. The van der Waals surface area contributed by atoms with E-state index in [1.54, 1.807) is 18.2 Å². The highest BCUT2D eigenvalue weighted by Gasteiger charge is 2.22. The number of rotatable bonds is 5. The molecule has 2 aromatic rings. The lowest BCUT2D eigenvalue weighted by molar-refractivity contribution is 0.0697. The third-order valence-electron chi connectivity index (χ3n) is 5.45. The molecule has 0 saturated heterocycles. The van der Waals surface area contributed by atoms with Crippen LogP contribution in [0.4, 0.5) is 4.39 Å². The SMILES string of the molecule is CCCC1CCC(c2ccc(-c3ccc(C(=O)O)cc3)c(F)c2)CC1. The van der Waals surface area contributed by atoms with Crippen LogP contribution in [0.1, 0.15) is 67.3 Å². The molecule has 1 saturated carbocycles. The molecule has 0 heterocycles. The average Bonchev–Trinajstić information content (AvgIpc) is 2.63. The Morgan fingerprint density at radius 1 is 1.08 bits per heavy atom. The van der Waals surface area contributed by atoms with E-state index in [4.69, 9.17) is 5.11 Å². The van der Waals surface area contributed by atoms with Gasteiger partial charge in [-0.05, 0) is 66.8 Å². The number of carboxylic acids is 1. The standard InChI is InChI=1S/C22H25FO2/c1-2-3-15-4-6-16(7-5-15)19-12-13-20(21(23)14-19)17-8-10-18(11-9-17)22(24)25/h8-16H,2-7H2,1H3,(H,24,25). The van der Waals surface area contributed by atoms with E-state index in [9.17, 15) is 9.18 Å². The fourth-order valence-corrected chi connectivity index (χ4v) is 4.00. The first-order chi connectivity index (χ1) is 12.1. The molecule has 3 rings (SSSR count). The minimum atomic E-state index is -0.971. The zero-order valence-electron chi connectivity index (χ0n) is 14.7. The predicted molar refractivity (Wildman–Crippen MR) is 98.4 cm³/mol. The quantitative estimate of drug-likeness (QED) is 0.697. The summed E-state index contributed by atoms with van der Waals surface area (Å²) >= 11 is 0. The highest BCUT2D eigenvalue weighted by atomic mass is 19.1. The van der Waals surface area contributed by atoms with Gasteiger partial charge >= 0.3 is 5.97 Å². The van der Waals surface area contributed by atoms with Crippen LogP contribution in [0.25, 0.3) is 11.1 Å². The third kappa shape index (κ3) is 4.09. The molecule has 0 aliphatic heterocycles. The molecule has 2 nitrogen and oxygen atoms in total. The van der Waals surface area contributed by atoms with Crippen LogP contribution in [-0.2, 0) is 0 Å². The average molecular weight is 340 g/mol. The van der Waals surface area contributed by atoms with E-state index in [-0.39, 0.29) is 11.4 Å². The molecule has 25 heavy (non-hydrogen) atoms. The van der Waals surface area contributed by atoms with E-state index < -0.39 is 5.97 Å². The number of hydrogen-bond donors (Lipinski definition) is 1. The lowest BCUT2D eigenvalue weighted by atomic mass is 9.77. The summed E-state index contributed by atoms with van der Waals surface area (Å²) in [7, 11) is 0. The van der Waals surface area contributed by atoms with Gasteiger partial charge in [-0.15, -0.1) is 0 Å². The number of halogens is 1. The van der Waals surface area contributed by atoms with Crippen molar-refractivity contribution in [1.82, 2.24) is 0 Å². The Kier molecular flexibility index (Phi) is 5.52. The molecule has 1 aliphatic rings. The van der Waals surface area contributed by atoms with Crippen molar-refractivity contribution in [3.63, 3.8) is 0 Å². The third-order valence-corrected chi connectivity index (χ3v) is 5.45. The second kappa shape index (κ2) is 7.81. The van der Waals surface area contributed by atoms with Crippen LogP contribution in [0.15, 0.2) is 42.5 Å². The number of benzene rings is 2. The molecule has 0 unspecified atom stereocenters. The Balaban J connectivity index is 1.74. The van der Waals surface area contributed by atoms with Crippen LogP contribution in [0, 0.1) is 11.7 Å². The summed E-state index contributed by atoms with van der Waals surface area (Å²) in [6.45, 7) is 2.24. The topological polar surface area (TPSA) is 37.3 Å². The van der Waals surface area contributed by atoms with E-state index in [0.29, 0.717) is 17.0 Å². The van der Waals surface area contributed by atoms with Gasteiger partial charge in [0, 0.05) is 5.56 Å². The van der Waals surface area contributed by atoms with Gasteiger partial charge in [0.1, 0.15) is 5.82 Å². The summed E-state index contributed by atoms with van der Waals surface area (Å²) in [4.78, 5) is 10.9. The Bertz CT molecular complexity index is 728. The Hall–Kier alpha value is -2.16. The maximum Gasteiger partial charge on any atom is 0.335 e. The molecule has 0 atom stereocenters. The molecule has 1 fully saturated rings. The molecule has 1 N–H and O–H groups in total. The van der Waals surface area contributed by atoms with Crippen LogP contribution in [-0.4, -0.2) is 11.1 Å². The molecule has 0 spiro atoms. The maximum atomic E-state index is 14.6. The van der Waals surface area contributed by atoms with E-state index in [1.165, 1.54) is 37.8 Å². The lowest BCUT2D eigenvalue weighted by Crippen LogP contribution is -2.13. The summed E-state index contributed by atoms with van der Waals surface area (Å²) in [6, 6.07) is 11.9. The van der Waals surface area contributed by atoms with Gasteiger partial charge in [0.2, 0.25) is 0 Å². The van der Waals surface area contributed by atoms with Crippen molar-refractivity contribution in [1.29, 1.82) is 0 Å². The Morgan fingerprint density at radius 3 is 2.32 bits per heavy atom. The first-order valence-corrected chi connectivity index (χ1v) is 9.21. The smallest absolute Gasteiger partial charge is 0.335 e. The first kappa shape index (κ1) is 17.7. The van der Waals surface area contributed by atoms with Crippen LogP contribution in [0.3, 0.4) is 0 Å². The van der Waals surface area contributed by atoms with Crippen molar-refractivity contribution in [2.45, 2.75) is 51.4 Å². The van der Waals surface area contributed by atoms with Crippen molar-refractivity contribution >= 4 is 5.97 Å². The first-order valence-electron chi connectivity index (χ1n) is 9.21. The fourth-order valence-electron chi connectivity index (χ4n) is 4.00. The highest BCUT2D eigenvalue weighted by Crippen LogP contribution is 2.38. The monoisotopic (exact) mass is 340 g/mol. The van der Waals surface area contributed by atoms with E-state index >= 15 is 0 Å². The molecule has 1 aliphatic carbocycles. The predicted octanol–water partition coefficient (Wildman–Crippen LogP) is 6.26. The molecule has 0 bridgehead atoms. The molecule has 3 heteroatoms. The van der Waals surface area contributed by atoms with Crippen molar-refractivity contribution in [2.24, 2.45) is 5.92 Å². The zero-order chi connectivity index (χ0) is 17.8. The van der Waals surface area contributed by atoms with Crippen molar-refractivity contribution in [3.8, 4) is 11.1 Å². The summed E-state index contributed by atoms with van der Waals surface area (Å²) in [5.41, 5.74) is 2.55. The van der Waals surface area contributed by atoms with E-state index in [1.807, 2.05) is 12.1 Å². The maximum absolute atomic E-state index is 14.6. The van der Waals surface area contributed by atoms with Crippen LogP contribution >= 0.6 is 0 Å². The molecule has 132 valence electrons. The number of carboxylic acid groups (broad SMARTS) is 1. The molecule has 0 aromatic heterocycles. The van der Waals surface area contributed by atoms with Gasteiger partial charge in [-0.1, -0.05) is 44.0 Å². The molecular formula is C22H25FO2. The van der Waals surface area contributed by atoms with Gasteiger partial charge in [-0.25, -0.2) is 9.18 Å². The second-order valence-electron chi connectivity index (χ2n) is 7.13. The fraction of sp³-hybridized carbons (Fsp3) is 0.409. The van der Waals surface area contributed by atoms with Gasteiger partial charge in [0.15, 0.2) is 0 Å². The van der Waals surface area contributed by atoms with Gasteiger partial charge < -0.3 is 5.11 Å². The minimum absolute atomic E-state index is 0.213.